The second kappa shape index (κ2) is 6.05. The monoisotopic (exact) mass is 378 g/mol. The summed E-state index contributed by atoms with van der Waals surface area (Å²) < 4.78 is 1.11. The van der Waals surface area contributed by atoms with Gasteiger partial charge in [0.25, 0.3) is 0 Å². The summed E-state index contributed by atoms with van der Waals surface area (Å²) in [6.45, 7) is 0. The average Bonchev–Trinajstić information content (AvgIpc) is 3.35. The van der Waals surface area contributed by atoms with E-state index in [9.17, 15) is 0 Å². The van der Waals surface area contributed by atoms with Gasteiger partial charge in [-0.3, -0.25) is 0 Å². The summed E-state index contributed by atoms with van der Waals surface area (Å²) in [5.74, 6) is 1.36. The molecule has 0 saturated carbocycles. The fourth-order valence-corrected chi connectivity index (χ4v) is 3.89. The van der Waals surface area contributed by atoms with E-state index in [1.54, 1.807) is 11.3 Å². The summed E-state index contributed by atoms with van der Waals surface area (Å²) in [4.78, 5) is 4.84. The van der Waals surface area contributed by atoms with Gasteiger partial charge in [0, 0.05) is 27.0 Å². The Labute approximate surface area is 156 Å². The topological polar surface area (TPSA) is 79.4 Å². The number of hydrogen-bond donors (Lipinski definition) is 2. The number of fused-ring (bicyclic) bond motifs is 3. The number of benzene rings is 2. The van der Waals surface area contributed by atoms with Gasteiger partial charge in [0.15, 0.2) is 0 Å². The minimum Gasteiger partial charge on any atom is -0.339 e. The molecule has 8 heteroatoms. The predicted octanol–water partition coefficient (Wildman–Crippen LogP) is 5.03. The zero-order valence-electron chi connectivity index (χ0n) is 13.3. The van der Waals surface area contributed by atoms with E-state index >= 15 is 0 Å². The van der Waals surface area contributed by atoms with Crippen LogP contribution in [0.4, 0.5) is 11.5 Å². The molecule has 3 aromatic heterocycles. The molecule has 0 unspecified atom stereocenters. The molecule has 0 amide bonds. The first-order valence-corrected chi connectivity index (χ1v) is 9.11. The molecule has 0 fully saturated rings. The van der Waals surface area contributed by atoms with Gasteiger partial charge in [-0.1, -0.05) is 23.7 Å². The fraction of sp³-hybridized carbons (Fsp3) is 0. The molecule has 0 saturated heterocycles. The molecule has 3 heterocycles. The predicted molar refractivity (Wildman–Crippen MR) is 105 cm³/mol. The van der Waals surface area contributed by atoms with E-state index in [1.165, 1.54) is 0 Å². The van der Waals surface area contributed by atoms with E-state index in [1.807, 2.05) is 36.4 Å². The number of rotatable bonds is 3. The van der Waals surface area contributed by atoms with E-state index in [2.05, 4.69) is 43.5 Å². The van der Waals surface area contributed by atoms with Crippen LogP contribution in [0.25, 0.3) is 32.4 Å². The first-order chi connectivity index (χ1) is 12.8. The van der Waals surface area contributed by atoms with Gasteiger partial charge >= 0.3 is 0 Å². The normalized spacial score (nSPS) is 11.3. The van der Waals surface area contributed by atoms with E-state index in [0.717, 1.165) is 38.1 Å². The van der Waals surface area contributed by atoms with Crippen molar-refractivity contribution in [1.82, 2.24) is 25.6 Å². The minimum atomic E-state index is 0.548. The number of nitrogens with zero attached hydrogens (tertiary/aromatic N) is 4. The highest BCUT2D eigenvalue weighted by molar-refractivity contribution is 7.18. The maximum atomic E-state index is 5.98. The molecule has 0 atom stereocenters. The number of pyridine rings is 1. The first-order valence-electron chi connectivity index (χ1n) is 7.85. The lowest BCUT2D eigenvalue weighted by molar-refractivity contribution is 0.881. The lowest BCUT2D eigenvalue weighted by Gasteiger charge is -2.10. The maximum Gasteiger partial charge on any atom is 0.204 e. The zero-order valence-corrected chi connectivity index (χ0v) is 14.8. The van der Waals surface area contributed by atoms with E-state index in [4.69, 9.17) is 16.6 Å². The SMILES string of the molecule is Clc1ccc(Nc2nc3cc(-c4nn[nH]n4)ccc3c3ccsc23)cc1. The quantitative estimate of drug-likeness (QED) is 0.460. The number of aromatic nitrogens is 5. The molecule has 5 aromatic rings. The molecule has 2 aromatic carbocycles. The molecule has 0 aliphatic rings. The summed E-state index contributed by atoms with van der Waals surface area (Å²) >= 11 is 7.64. The molecule has 0 radical (unpaired) electrons. The Morgan fingerprint density at radius 1 is 1.00 bits per heavy atom. The summed E-state index contributed by atoms with van der Waals surface area (Å²) in [5.41, 5.74) is 2.67. The molecule has 0 aliphatic carbocycles. The van der Waals surface area contributed by atoms with Gasteiger partial charge in [-0.05, 0) is 47.0 Å². The number of thiophene rings is 1. The number of nitrogens with one attached hydrogen (secondary N) is 2. The molecule has 0 aliphatic heterocycles. The van der Waals surface area contributed by atoms with Gasteiger partial charge in [-0.2, -0.15) is 5.21 Å². The lowest BCUT2D eigenvalue weighted by Crippen LogP contribution is -1.95. The fourth-order valence-electron chi connectivity index (χ4n) is 2.91. The maximum absolute atomic E-state index is 5.98. The second-order valence-electron chi connectivity index (χ2n) is 5.72. The van der Waals surface area contributed by atoms with Gasteiger partial charge in [-0.15, -0.1) is 21.5 Å². The highest BCUT2D eigenvalue weighted by Crippen LogP contribution is 2.36. The van der Waals surface area contributed by atoms with Crippen molar-refractivity contribution in [3.63, 3.8) is 0 Å². The number of hydrogen-bond acceptors (Lipinski definition) is 6. The Morgan fingerprint density at radius 2 is 1.88 bits per heavy atom. The van der Waals surface area contributed by atoms with Crippen LogP contribution in [0, 0.1) is 0 Å². The third-order valence-corrected chi connectivity index (χ3v) is 5.28. The standard InChI is InChI=1S/C18H11ClN6S/c19-11-2-4-12(5-3-11)20-18-16-14(7-8-26-16)13-6-1-10(9-15(13)21-18)17-22-24-25-23-17/h1-9H,(H,20,21)(H,22,23,24,25). The Hall–Kier alpha value is -3.03. The van der Waals surface area contributed by atoms with Gasteiger partial charge < -0.3 is 5.32 Å². The number of aromatic amines is 1. The Bertz CT molecular complexity index is 1210. The van der Waals surface area contributed by atoms with Crippen molar-refractivity contribution in [3.8, 4) is 11.4 Å². The summed E-state index contributed by atoms with van der Waals surface area (Å²) in [5, 5.41) is 22.6. The lowest BCUT2D eigenvalue weighted by atomic mass is 10.1. The molecule has 0 spiro atoms. The van der Waals surface area contributed by atoms with Crippen molar-refractivity contribution in [3.05, 3.63) is 58.9 Å². The van der Waals surface area contributed by atoms with Crippen molar-refractivity contribution in [2.24, 2.45) is 0 Å². The number of tetrazole rings is 1. The van der Waals surface area contributed by atoms with Crippen LogP contribution in [-0.4, -0.2) is 25.6 Å². The Kier molecular flexibility index (Phi) is 3.55. The third-order valence-electron chi connectivity index (χ3n) is 4.11. The van der Waals surface area contributed by atoms with Gasteiger partial charge in [0.1, 0.15) is 5.82 Å². The van der Waals surface area contributed by atoms with Gasteiger partial charge in [-0.25, -0.2) is 4.98 Å². The van der Waals surface area contributed by atoms with Crippen molar-refractivity contribution in [2.75, 3.05) is 5.32 Å². The largest absolute Gasteiger partial charge is 0.339 e. The molecule has 0 bridgehead atoms. The number of halogens is 1. The van der Waals surface area contributed by atoms with Crippen LogP contribution >= 0.6 is 22.9 Å². The van der Waals surface area contributed by atoms with Crippen molar-refractivity contribution >= 4 is 55.4 Å². The highest BCUT2D eigenvalue weighted by atomic mass is 35.5. The van der Waals surface area contributed by atoms with E-state index in [0.29, 0.717) is 10.8 Å². The van der Waals surface area contributed by atoms with Crippen LogP contribution in [0.15, 0.2) is 53.9 Å². The zero-order chi connectivity index (χ0) is 17.5. The van der Waals surface area contributed by atoms with Crippen molar-refractivity contribution in [2.45, 2.75) is 0 Å². The van der Waals surface area contributed by atoms with Crippen molar-refractivity contribution < 1.29 is 0 Å². The molecule has 2 N–H and O–H groups in total. The Morgan fingerprint density at radius 3 is 2.69 bits per heavy atom. The second-order valence-corrected chi connectivity index (χ2v) is 7.08. The molecule has 6 nitrogen and oxygen atoms in total. The molecule has 126 valence electrons. The molecular weight excluding hydrogens is 368 g/mol. The van der Waals surface area contributed by atoms with Gasteiger partial charge in [0.2, 0.25) is 5.82 Å². The third kappa shape index (κ3) is 2.58. The van der Waals surface area contributed by atoms with Crippen LogP contribution in [0.5, 0.6) is 0 Å². The van der Waals surface area contributed by atoms with Crippen LogP contribution in [0.1, 0.15) is 0 Å². The van der Waals surface area contributed by atoms with Gasteiger partial charge in [0.05, 0.1) is 10.2 Å². The van der Waals surface area contributed by atoms with E-state index in [-0.39, 0.29) is 0 Å². The first kappa shape index (κ1) is 15.2. The van der Waals surface area contributed by atoms with Crippen LogP contribution in [0.2, 0.25) is 5.02 Å². The average molecular weight is 379 g/mol. The van der Waals surface area contributed by atoms with Crippen LogP contribution in [0.3, 0.4) is 0 Å². The molecule has 26 heavy (non-hydrogen) atoms. The smallest absolute Gasteiger partial charge is 0.204 e. The molecular formula is C18H11ClN6S. The number of H-pyrrole nitrogens is 1. The summed E-state index contributed by atoms with van der Waals surface area (Å²) in [6.07, 6.45) is 0. The summed E-state index contributed by atoms with van der Waals surface area (Å²) in [6, 6.07) is 15.7. The Balaban J connectivity index is 1.68. The highest BCUT2D eigenvalue weighted by Gasteiger charge is 2.12. The van der Waals surface area contributed by atoms with Crippen LogP contribution < -0.4 is 5.32 Å². The van der Waals surface area contributed by atoms with Crippen molar-refractivity contribution in [1.29, 1.82) is 0 Å². The molecule has 5 rings (SSSR count). The minimum absolute atomic E-state index is 0.548. The van der Waals surface area contributed by atoms with E-state index < -0.39 is 0 Å². The summed E-state index contributed by atoms with van der Waals surface area (Å²) in [7, 11) is 0. The number of anilines is 2. The van der Waals surface area contributed by atoms with Crippen LogP contribution in [-0.2, 0) is 0 Å².